The Kier molecular flexibility index (Phi) is 6.25. The number of rotatable bonds is 5. The third-order valence-corrected chi connectivity index (χ3v) is 7.41. The van der Waals surface area contributed by atoms with Crippen molar-refractivity contribution in [3.8, 4) is 0 Å². The first-order valence-electron chi connectivity index (χ1n) is 12.8. The highest BCUT2D eigenvalue weighted by Crippen LogP contribution is 2.44. The standard InChI is InChI=1S/C32H25N3O4/c36-29-19-24(20-7-3-1-4-8-20)18-28-30(29)31(21-11-14-25(15-12-21)35(38)39)34-26-16-13-23(17-27(26)33-28)32(37)22-9-5-2-6-10-22/h1-17,24,31,33-34H,18-19H2/t24-,31+/m1/s1. The topological polar surface area (TPSA) is 101 Å². The summed E-state index contributed by atoms with van der Waals surface area (Å²) in [6.45, 7) is 0. The molecule has 192 valence electrons. The number of hydrogen-bond acceptors (Lipinski definition) is 6. The summed E-state index contributed by atoms with van der Waals surface area (Å²) >= 11 is 0. The first-order valence-corrected chi connectivity index (χ1v) is 12.8. The van der Waals surface area contributed by atoms with E-state index in [9.17, 15) is 19.7 Å². The number of benzene rings is 4. The number of non-ortho nitro benzene ring substituents is 1. The number of anilines is 2. The van der Waals surface area contributed by atoms with Gasteiger partial charge in [-0.2, -0.15) is 0 Å². The summed E-state index contributed by atoms with van der Waals surface area (Å²) in [4.78, 5) is 37.7. The lowest BCUT2D eigenvalue weighted by Crippen LogP contribution is -2.26. The van der Waals surface area contributed by atoms with Crippen LogP contribution in [0.4, 0.5) is 17.1 Å². The molecule has 2 atom stereocenters. The SMILES string of the molecule is O=C1C[C@H](c2ccccc2)CC2=C1[C@H](c1ccc([N+](=O)[O-])cc1)Nc1ccc(C(=O)c3ccccc3)cc1N2. The van der Waals surface area contributed by atoms with Crippen LogP contribution in [0.25, 0.3) is 0 Å². The van der Waals surface area contributed by atoms with Gasteiger partial charge < -0.3 is 10.6 Å². The van der Waals surface area contributed by atoms with Gasteiger partial charge in [0.05, 0.1) is 22.3 Å². The Balaban J connectivity index is 1.44. The molecule has 2 aliphatic rings. The molecule has 2 N–H and O–H groups in total. The molecular weight excluding hydrogens is 490 g/mol. The molecule has 0 spiro atoms. The van der Waals surface area contributed by atoms with Crippen LogP contribution >= 0.6 is 0 Å². The van der Waals surface area contributed by atoms with Crippen LogP contribution in [-0.4, -0.2) is 16.5 Å². The van der Waals surface area contributed by atoms with Crippen LogP contribution in [-0.2, 0) is 4.79 Å². The molecular formula is C32H25N3O4. The second-order valence-corrected chi connectivity index (χ2v) is 9.84. The van der Waals surface area contributed by atoms with Crippen LogP contribution in [0.3, 0.4) is 0 Å². The number of nitrogens with zero attached hydrogens (tertiary/aromatic N) is 1. The molecule has 0 bridgehead atoms. The van der Waals surface area contributed by atoms with Gasteiger partial charge in [-0.15, -0.1) is 0 Å². The van der Waals surface area contributed by atoms with Gasteiger partial charge in [0.2, 0.25) is 0 Å². The molecule has 7 heteroatoms. The van der Waals surface area contributed by atoms with Gasteiger partial charge in [-0.05, 0) is 53.8 Å². The minimum absolute atomic E-state index is 0.0109. The van der Waals surface area contributed by atoms with E-state index in [0.717, 1.165) is 22.5 Å². The van der Waals surface area contributed by atoms with Crippen molar-refractivity contribution < 1.29 is 14.5 Å². The Bertz CT molecular complexity index is 1610. The molecule has 0 fully saturated rings. The van der Waals surface area contributed by atoms with E-state index in [2.05, 4.69) is 10.6 Å². The molecule has 1 heterocycles. The van der Waals surface area contributed by atoms with E-state index in [0.29, 0.717) is 35.2 Å². The van der Waals surface area contributed by atoms with Crippen LogP contribution in [0.2, 0.25) is 0 Å². The first kappa shape index (κ1) is 24.3. The Morgan fingerprint density at radius 1 is 0.769 bits per heavy atom. The Morgan fingerprint density at radius 2 is 1.46 bits per heavy atom. The largest absolute Gasteiger partial charge is 0.372 e. The van der Waals surface area contributed by atoms with Gasteiger partial charge in [0.25, 0.3) is 5.69 Å². The number of Topliss-reactive ketones (excluding diaryl/α,β-unsaturated/α-hetero) is 1. The Hall–Kier alpha value is -5.04. The number of allylic oxidation sites excluding steroid dienone is 1. The molecule has 7 nitrogen and oxygen atoms in total. The number of nitro benzene ring substituents is 1. The van der Waals surface area contributed by atoms with E-state index in [1.165, 1.54) is 12.1 Å². The summed E-state index contributed by atoms with van der Waals surface area (Å²) < 4.78 is 0. The Morgan fingerprint density at radius 3 is 2.15 bits per heavy atom. The summed E-state index contributed by atoms with van der Waals surface area (Å²) in [5.74, 6) is -0.0626. The van der Waals surface area contributed by atoms with Crippen molar-refractivity contribution in [1.29, 1.82) is 0 Å². The average molecular weight is 516 g/mol. The van der Waals surface area contributed by atoms with E-state index >= 15 is 0 Å². The molecule has 0 unspecified atom stereocenters. The molecule has 0 aromatic heterocycles. The maximum atomic E-state index is 13.7. The fourth-order valence-electron chi connectivity index (χ4n) is 5.44. The molecule has 6 rings (SSSR count). The summed E-state index contributed by atoms with van der Waals surface area (Å²) in [6.07, 6.45) is 0.982. The predicted molar refractivity (Wildman–Crippen MR) is 150 cm³/mol. The third kappa shape index (κ3) is 4.70. The smallest absolute Gasteiger partial charge is 0.269 e. The fourth-order valence-corrected chi connectivity index (χ4v) is 5.44. The first-order chi connectivity index (χ1) is 19.0. The maximum Gasteiger partial charge on any atom is 0.269 e. The van der Waals surface area contributed by atoms with Crippen molar-refractivity contribution in [3.63, 3.8) is 0 Å². The zero-order valence-corrected chi connectivity index (χ0v) is 21.0. The lowest BCUT2D eigenvalue weighted by molar-refractivity contribution is -0.384. The quantitative estimate of drug-likeness (QED) is 0.172. The maximum absolute atomic E-state index is 13.7. The Labute approximate surface area is 225 Å². The molecule has 39 heavy (non-hydrogen) atoms. The summed E-state index contributed by atoms with van der Waals surface area (Å²) in [5, 5.41) is 18.2. The minimum Gasteiger partial charge on any atom is -0.372 e. The lowest BCUT2D eigenvalue weighted by atomic mass is 9.78. The highest BCUT2D eigenvalue weighted by molar-refractivity contribution is 6.10. The molecule has 4 aromatic carbocycles. The zero-order valence-electron chi connectivity index (χ0n) is 21.0. The number of fused-ring (bicyclic) bond motifs is 1. The van der Waals surface area contributed by atoms with E-state index in [4.69, 9.17) is 0 Å². The molecule has 0 radical (unpaired) electrons. The fraction of sp³-hybridized carbons (Fsp3) is 0.125. The average Bonchev–Trinajstić information content (AvgIpc) is 3.14. The van der Waals surface area contributed by atoms with E-state index < -0.39 is 11.0 Å². The van der Waals surface area contributed by atoms with Crippen molar-refractivity contribution in [3.05, 3.63) is 147 Å². The van der Waals surface area contributed by atoms with Crippen LogP contribution < -0.4 is 10.6 Å². The monoisotopic (exact) mass is 515 g/mol. The summed E-state index contributed by atoms with van der Waals surface area (Å²) in [6, 6.07) is 30.3. The number of carbonyl (C=O) groups is 2. The van der Waals surface area contributed by atoms with Crippen molar-refractivity contribution >= 4 is 28.6 Å². The predicted octanol–water partition coefficient (Wildman–Crippen LogP) is 6.81. The highest BCUT2D eigenvalue weighted by Gasteiger charge is 2.36. The highest BCUT2D eigenvalue weighted by atomic mass is 16.6. The van der Waals surface area contributed by atoms with Crippen molar-refractivity contribution in [2.75, 3.05) is 10.6 Å². The van der Waals surface area contributed by atoms with Gasteiger partial charge in [-0.25, -0.2) is 0 Å². The second-order valence-electron chi connectivity index (χ2n) is 9.84. The van der Waals surface area contributed by atoms with Gasteiger partial charge in [0.1, 0.15) is 0 Å². The number of hydrogen-bond donors (Lipinski definition) is 2. The van der Waals surface area contributed by atoms with E-state index in [1.54, 1.807) is 30.3 Å². The van der Waals surface area contributed by atoms with E-state index in [-0.39, 0.29) is 23.2 Å². The van der Waals surface area contributed by atoms with Gasteiger partial charge in [-0.3, -0.25) is 19.7 Å². The van der Waals surface area contributed by atoms with Crippen molar-refractivity contribution in [1.82, 2.24) is 0 Å². The normalized spacial score (nSPS) is 18.2. The summed E-state index contributed by atoms with van der Waals surface area (Å²) in [5.41, 5.74) is 5.81. The van der Waals surface area contributed by atoms with Crippen LogP contribution in [0.15, 0.2) is 114 Å². The van der Waals surface area contributed by atoms with Gasteiger partial charge in [0, 0.05) is 41.0 Å². The van der Waals surface area contributed by atoms with E-state index in [1.807, 2.05) is 60.7 Å². The third-order valence-electron chi connectivity index (χ3n) is 7.41. The molecule has 0 saturated carbocycles. The number of carbonyl (C=O) groups excluding carboxylic acids is 2. The number of nitrogens with one attached hydrogen (secondary N) is 2. The number of ketones is 2. The summed E-state index contributed by atoms with van der Waals surface area (Å²) in [7, 11) is 0. The number of nitro groups is 1. The molecule has 1 aliphatic carbocycles. The molecule has 0 saturated heterocycles. The van der Waals surface area contributed by atoms with Gasteiger partial charge >= 0.3 is 0 Å². The van der Waals surface area contributed by atoms with Gasteiger partial charge in [0.15, 0.2) is 11.6 Å². The lowest BCUT2D eigenvalue weighted by Gasteiger charge is -2.30. The van der Waals surface area contributed by atoms with Crippen LogP contribution in [0.5, 0.6) is 0 Å². The minimum atomic E-state index is -0.505. The second kappa shape index (κ2) is 10.0. The van der Waals surface area contributed by atoms with Gasteiger partial charge in [-0.1, -0.05) is 60.7 Å². The van der Waals surface area contributed by atoms with Crippen LogP contribution in [0.1, 0.15) is 51.8 Å². The van der Waals surface area contributed by atoms with Crippen molar-refractivity contribution in [2.24, 2.45) is 0 Å². The molecule has 1 aliphatic heterocycles. The van der Waals surface area contributed by atoms with Crippen LogP contribution in [0, 0.1) is 10.1 Å². The molecule has 4 aromatic rings. The zero-order chi connectivity index (χ0) is 26.9. The molecule has 0 amide bonds. The van der Waals surface area contributed by atoms with Crippen molar-refractivity contribution in [2.45, 2.75) is 24.8 Å².